The number of rotatable bonds is 6. The van der Waals surface area contributed by atoms with E-state index in [0.717, 1.165) is 24.5 Å². The molecule has 112 valence electrons. The SMILES string of the molecule is CCCC1CCCC(NCC2CCOC2CC)CC1. The maximum atomic E-state index is 5.79. The van der Waals surface area contributed by atoms with E-state index < -0.39 is 0 Å². The average molecular weight is 267 g/mol. The summed E-state index contributed by atoms with van der Waals surface area (Å²) in [7, 11) is 0. The van der Waals surface area contributed by atoms with Gasteiger partial charge in [0.1, 0.15) is 0 Å². The van der Waals surface area contributed by atoms with Gasteiger partial charge in [0.2, 0.25) is 0 Å². The third kappa shape index (κ3) is 4.75. The molecular weight excluding hydrogens is 234 g/mol. The Hall–Kier alpha value is -0.0800. The molecule has 2 fully saturated rings. The zero-order valence-electron chi connectivity index (χ0n) is 13.0. The molecule has 0 aromatic heterocycles. The zero-order valence-corrected chi connectivity index (χ0v) is 13.0. The molecule has 1 aliphatic heterocycles. The van der Waals surface area contributed by atoms with Gasteiger partial charge in [-0.3, -0.25) is 0 Å². The Kier molecular flexibility index (Phi) is 6.66. The minimum absolute atomic E-state index is 0.520. The van der Waals surface area contributed by atoms with E-state index in [2.05, 4.69) is 19.2 Å². The molecule has 1 saturated heterocycles. The van der Waals surface area contributed by atoms with Gasteiger partial charge in [-0.15, -0.1) is 0 Å². The zero-order chi connectivity index (χ0) is 13.5. The number of nitrogens with one attached hydrogen (secondary N) is 1. The van der Waals surface area contributed by atoms with E-state index in [4.69, 9.17) is 4.74 Å². The van der Waals surface area contributed by atoms with Gasteiger partial charge in [0.05, 0.1) is 6.10 Å². The Morgan fingerprint density at radius 3 is 2.74 bits per heavy atom. The van der Waals surface area contributed by atoms with Crippen LogP contribution >= 0.6 is 0 Å². The van der Waals surface area contributed by atoms with Crippen LogP contribution in [0.15, 0.2) is 0 Å². The Balaban J connectivity index is 1.68. The maximum Gasteiger partial charge on any atom is 0.0613 e. The van der Waals surface area contributed by atoms with Gasteiger partial charge in [-0.2, -0.15) is 0 Å². The van der Waals surface area contributed by atoms with Crippen LogP contribution in [0.4, 0.5) is 0 Å². The summed E-state index contributed by atoms with van der Waals surface area (Å²) in [6.07, 6.45) is 12.9. The molecule has 2 nitrogen and oxygen atoms in total. The summed E-state index contributed by atoms with van der Waals surface area (Å²) in [5.41, 5.74) is 0. The summed E-state index contributed by atoms with van der Waals surface area (Å²) in [6, 6.07) is 0.778. The lowest BCUT2D eigenvalue weighted by molar-refractivity contribution is 0.0864. The van der Waals surface area contributed by atoms with Crippen molar-refractivity contribution in [2.75, 3.05) is 13.2 Å². The van der Waals surface area contributed by atoms with Crippen molar-refractivity contribution in [1.29, 1.82) is 0 Å². The van der Waals surface area contributed by atoms with E-state index in [-0.39, 0.29) is 0 Å². The molecule has 0 bridgehead atoms. The topological polar surface area (TPSA) is 21.3 Å². The second-order valence-electron chi connectivity index (χ2n) is 6.63. The molecule has 2 heteroatoms. The van der Waals surface area contributed by atoms with E-state index in [1.165, 1.54) is 64.3 Å². The van der Waals surface area contributed by atoms with Crippen LogP contribution in [0.2, 0.25) is 0 Å². The fourth-order valence-electron chi connectivity index (χ4n) is 3.98. The van der Waals surface area contributed by atoms with Crippen LogP contribution in [-0.4, -0.2) is 25.3 Å². The van der Waals surface area contributed by atoms with E-state index in [9.17, 15) is 0 Å². The first-order valence-electron chi connectivity index (χ1n) is 8.68. The smallest absolute Gasteiger partial charge is 0.0613 e. The van der Waals surface area contributed by atoms with Gasteiger partial charge >= 0.3 is 0 Å². The molecule has 0 spiro atoms. The highest BCUT2D eigenvalue weighted by Crippen LogP contribution is 2.28. The summed E-state index contributed by atoms with van der Waals surface area (Å²) >= 11 is 0. The predicted octanol–water partition coefficient (Wildman–Crippen LogP) is 4.14. The van der Waals surface area contributed by atoms with Crippen LogP contribution in [0, 0.1) is 11.8 Å². The molecule has 1 saturated carbocycles. The highest BCUT2D eigenvalue weighted by molar-refractivity contribution is 4.81. The van der Waals surface area contributed by atoms with Crippen molar-refractivity contribution in [2.24, 2.45) is 11.8 Å². The molecule has 2 aliphatic rings. The van der Waals surface area contributed by atoms with Crippen molar-refractivity contribution < 1.29 is 4.74 Å². The fraction of sp³-hybridized carbons (Fsp3) is 1.00. The molecule has 1 heterocycles. The summed E-state index contributed by atoms with van der Waals surface area (Å²) in [5.74, 6) is 1.77. The largest absolute Gasteiger partial charge is 0.378 e. The van der Waals surface area contributed by atoms with Crippen LogP contribution in [0.3, 0.4) is 0 Å². The Morgan fingerprint density at radius 1 is 1.05 bits per heavy atom. The van der Waals surface area contributed by atoms with Crippen LogP contribution in [-0.2, 0) is 4.74 Å². The lowest BCUT2D eigenvalue weighted by Crippen LogP contribution is -2.35. The van der Waals surface area contributed by atoms with Crippen molar-refractivity contribution in [3.8, 4) is 0 Å². The predicted molar refractivity (Wildman–Crippen MR) is 81.4 cm³/mol. The normalized spacial score (nSPS) is 36.3. The Bertz CT molecular complexity index is 243. The molecule has 0 aromatic rings. The van der Waals surface area contributed by atoms with Crippen molar-refractivity contribution >= 4 is 0 Å². The molecule has 0 aromatic carbocycles. The lowest BCUT2D eigenvalue weighted by atomic mass is 9.95. The van der Waals surface area contributed by atoms with Gasteiger partial charge in [-0.25, -0.2) is 0 Å². The van der Waals surface area contributed by atoms with Crippen LogP contribution in [0.1, 0.15) is 71.6 Å². The van der Waals surface area contributed by atoms with Gasteiger partial charge in [0.25, 0.3) is 0 Å². The minimum atomic E-state index is 0.520. The molecule has 1 aliphatic carbocycles. The van der Waals surface area contributed by atoms with Crippen molar-refractivity contribution in [3.63, 3.8) is 0 Å². The van der Waals surface area contributed by atoms with Gasteiger partial charge < -0.3 is 10.1 Å². The summed E-state index contributed by atoms with van der Waals surface area (Å²) in [4.78, 5) is 0. The first-order valence-corrected chi connectivity index (χ1v) is 8.68. The highest BCUT2D eigenvalue weighted by atomic mass is 16.5. The van der Waals surface area contributed by atoms with Crippen molar-refractivity contribution in [2.45, 2.75) is 83.8 Å². The molecule has 0 radical (unpaired) electrons. The molecule has 2 rings (SSSR count). The lowest BCUT2D eigenvalue weighted by Gasteiger charge is -2.22. The average Bonchev–Trinajstić information content (AvgIpc) is 2.77. The molecule has 19 heavy (non-hydrogen) atoms. The van der Waals surface area contributed by atoms with E-state index in [0.29, 0.717) is 6.10 Å². The molecule has 4 atom stereocenters. The van der Waals surface area contributed by atoms with E-state index >= 15 is 0 Å². The third-order valence-electron chi connectivity index (χ3n) is 5.20. The van der Waals surface area contributed by atoms with Gasteiger partial charge in [-0.05, 0) is 43.9 Å². The second-order valence-corrected chi connectivity index (χ2v) is 6.63. The molecule has 1 N–H and O–H groups in total. The van der Waals surface area contributed by atoms with E-state index in [1.54, 1.807) is 0 Å². The minimum Gasteiger partial charge on any atom is -0.378 e. The summed E-state index contributed by atoms with van der Waals surface area (Å²) < 4.78 is 5.79. The number of hydrogen-bond acceptors (Lipinski definition) is 2. The number of ether oxygens (including phenoxy) is 1. The summed E-state index contributed by atoms with van der Waals surface area (Å²) in [5, 5.41) is 3.85. The second kappa shape index (κ2) is 8.26. The Morgan fingerprint density at radius 2 is 1.95 bits per heavy atom. The first kappa shape index (κ1) is 15.3. The molecule has 0 amide bonds. The molecule has 4 unspecified atom stereocenters. The van der Waals surface area contributed by atoms with Crippen LogP contribution < -0.4 is 5.32 Å². The van der Waals surface area contributed by atoms with E-state index in [1.807, 2.05) is 0 Å². The third-order valence-corrected chi connectivity index (χ3v) is 5.20. The molecular formula is C17H33NO. The quantitative estimate of drug-likeness (QED) is 0.730. The Labute approximate surface area is 119 Å². The van der Waals surface area contributed by atoms with Crippen LogP contribution in [0.25, 0.3) is 0 Å². The maximum absolute atomic E-state index is 5.79. The van der Waals surface area contributed by atoms with Crippen LogP contribution in [0.5, 0.6) is 0 Å². The first-order chi connectivity index (χ1) is 9.33. The van der Waals surface area contributed by atoms with Gasteiger partial charge in [-0.1, -0.05) is 39.5 Å². The van der Waals surface area contributed by atoms with Gasteiger partial charge in [0.15, 0.2) is 0 Å². The fourth-order valence-corrected chi connectivity index (χ4v) is 3.98. The van der Waals surface area contributed by atoms with Crippen molar-refractivity contribution in [3.05, 3.63) is 0 Å². The number of hydrogen-bond donors (Lipinski definition) is 1. The van der Waals surface area contributed by atoms with Gasteiger partial charge in [0, 0.05) is 19.2 Å². The standard InChI is InChI=1S/C17H33NO/c1-3-6-14-7-5-8-16(10-9-14)18-13-15-11-12-19-17(15)4-2/h14-18H,3-13H2,1-2H3. The monoisotopic (exact) mass is 267 g/mol. The summed E-state index contributed by atoms with van der Waals surface area (Å²) in [6.45, 7) is 6.74. The van der Waals surface area contributed by atoms with Crippen molar-refractivity contribution in [1.82, 2.24) is 5.32 Å². The highest BCUT2D eigenvalue weighted by Gasteiger charge is 2.27.